The zero-order valence-electron chi connectivity index (χ0n) is 11.8. The average Bonchev–Trinajstić information content (AvgIpc) is 2.40. The molecule has 1 aliphatic rings. The molecule has 1 aliphatic heterocycles. The summed E-state index contributed by atoms with van der Waals surface area (Å²) in [7, 11) is 1.65. The molecule has 1 fully saturated rings. The van der Waals surface area contributed by atoms with Crippen molar-refractivity contribution in [2.45, 2.75) is 26.5 Å². The summed E-state index contributed by atoms with van der Waals surface area (Å²) in [6.07, 6.45) is 0. The van der Waals surface area contributed by atoms with Gasteiger partial charge in [-0.1, -0.05) is 0 Å². The summed E-state index contributed by atoms with van der Waals surface area (Å²) >= 11 is 0. The molecule has 1 unspecified atom stereocenters. The molecular weight excluding hydrogens is 244 g/mol. The minimum atomic E-state index is 0.327. The normalized spacial score (nSPS) is 19.5. The molecule has 6 heteroatoms. The SMILES string of the molecule is CCNc1cc(N2CCOCC2C)nc(COC)n1. The Morgan fingerprint density at radius 1 is 1.53 bits per heavy atom. The second-order valence-corrected chi connectivity index (χ2v) is 4.61. The topological polar surface area (TPSA) is 59.5 Å². The highest BCUT2D eigenvalue weighted by molar-refractivity contribution is 5.50. The molecule has 2 rings (SSSR count). The quantitative estimate of drug-likeness (QED) is 0.866. The van der Waals surface area contributed by atoms with Gasteiger partial charge < -0.3 is 19.7 Å². The Kier molecular flexibility index (Phi) is 4.93. The summed E-state index contributed by atoms with van der Waals surface area (Å²) in [6, 6.07) is 2.32. The van der Waals surface area contributed by atoms with E-state index in [9.17, 15) is 0 Å². The average molecular weight is 266 g/mol. The van der Waals surface area contributed by atoms with Crippen molar-refractivity contribution in [3.05, 3.63) is 11.9 Å². The van der Waals surface area contributed by atoms with Crippen molar-refractivity contribution >= 4 is 11.6 Å². The van der Waals surface area contributed by atoms with E-state index in [0.717, 1.165) is 37.9 Å². The van der Waals surface area contributed by atoms with Gasteiger partial charge in [-0.05, 0) is 13.8 Å². The van der Waals surface area contributed by atoms with Gasteiger partial charge in [0.05, 0.1) is 19.3 Å². The second kappa shape index (κ2) is 6.68. The van der Waals surface area contributed by atoms with Gasteiger partial charge in [-0.15, -0.1) is 0 Å². The molecule has 2 heterocycles. The molecule has 0 amide bonds. The molecule has 106 valence electrons. The van der Waals surface area contributed by atoms with Gasteiger partial charge in [0.1, 0.15) is 18.2 Å². The Morgan fingerprint density at radius 3 is 3.05 bits per heavy atom. The molecule has 19 heavy (non-hydrogen) atoms. The number of nitrogens with one attached hydrogen (secondary N) is 1. The maximum Gasteiger partial charge on any atom is 0.158 e. The Morgan fingerprint density at radius 2 is 2.37 bits per heavy atom. The zero-order valence-corrected chi connectivity index (χ0v) is 11.8. The Bertz CT molecular complexity index is 389. The van der Waals surface area contributed by atoms with Gasteiger partial charge in [0.2, 0.25) is 0 Å². The molecule has 0 radical (unpaired) electrons. The number of nitrogens with zero attached hydrogens (tertiary/aromatic N) is 3. The van der Waals surface area contributed by atoms with Crippen LogP contribution in [-0.4, -0.2) is 49.4 Å². The van der Waals surface area contributed by atoms with Crippen LogP contribution in [0.15, 0.2) is 6.07 Å². The molecule has 1 saturated heterocycles. The third kappa shape index (κ3) is 3.54. The van der Waals surface area contributed by atoms with Crippen molar-refractivity contribution < 1.29 is 9.47 Å². The molecule has 1 aromatic heterocycles. The molecule has 0 aromatic carbocycles. The van der Waals surface area contributed by atoms with Gasteiger partial charge in [0, 0.05) is 26.3 Å². The lowest BCUT2D eigenvalue weighted by molar-refractivity contribution is 0.0984. The first kappa shape index (κ1) is 14.0. The molecule has 0 saturated carbocycles. The molecule has 1 N–H and O–H groups in total. The van der Waals surface area contributed by atoms with Crippen LogP contribution in [0.2, 0.25) is 0 Å². The first-order chi connectivity index (χ1) is 9.24. The first-order valence-corrected chi connectivity index (χ1v) is 6.69. The second-order valence-electron chi connectivity index (χ2n) is 4.61. The van der Waals surface area contributed by atoms with Crippen LogP contribution in [-0.2, 0) is 16.1 Å². The van der Waals surface area contributed by atoms with Crippen LogP contribution in [0.3, 0.4) is 0 Å². The molecule has 1 aromatic rings. The third-order valence-corrected chi connectivity index (χ3v) is 3.05. The Balaban J connectivity index is 2.26. The summed E-state index contributed by atoms with van der Waals surface area (Å²) in [6.45, 7) is 7.78. The maximum atomic E-state index is 5.46. The minimum absolute atomic E-state index is 0.327. The fraction of sp³-hybridized carbons (Fsp3) is 0.692. The summed E-state index contributed by atoms with van der Waals surface area (Å²) < 4.78 is 10.6. The summed E-state index contributed by atoms with van der Waals surface area (Å²) in [5, 5.41) is 3.24. The van der Waals surface area contributed by atoms with E-state index in [1.54, 1.807) is 7.11 Å². The molecule has 0 spiro atoms. The van der Waals surface area contributed by atoms with E-state index < -0.39 is 0 Å². The minimum Gasteiger partial charge on any atom is -0.377 e. The van der Waals surface area contributed by atoms with E-state index in [2.05, 4.69) is 34.0 Å². The van der Waals surface area contributed by atoms with Crippen molar-refractivity contribution in [3.8, 4) is 0 Å². The Hall–Kier alpha value is -1.40. The monoisotopic (exact) mass is 266 g/mol. The van der Waals surface area contributed by atoms with Gasteiger partial charge in [-0.3, -0.25) is 0 Å². The molecule has 1 atom stereocenters. The standard InChI is InChI=1S/C13H22N4O2/c1-4-14-11-7-13(16-12(15-11)9-18-3)17-5-6-19-8-10(17)2/h7,10H,4-6,8-9H2,1-3H3,(H,14,15,16). The van der Waals surface area contributed by atoms with E-state index in [1.807, 2.05) is 6.07 Å². The van der Waals surface area contributed by atoms with Gasteiger partial charge in [-0.2, -0.15) is 0 Å². The first-order valence-electron chi connectivity index (χ1n) is 6.69. The van der Waals surface area contributed by atoms with Crippen LogP contribution in [0.5, 0.6) is 0 Å². The number of anilines is 2. The van der Waals surface area contributed by atoms with Crippen molar-refractivity contribution in [2.75, 3.05) is 43.6 Å². The number of rotatable bonds is 5. The zero-order chi connectivity index (χ0) is 13.7. The van der Waals surface area contributed by atoms with E-state index in [4.69, 9.17) is 9.47 Å². The smallest absolute Gasteiger partial charge is 0.158 e. The van der Waals surface area contributed by atoms with Crippen LogP contribution >= 0.6 is 0 Å². The molecule has 0 bridgehead atoms. The van der Waals surface area contributed by atoms with Crippen LogP contribution in [0, 0.1) is 0 Å². The Labute approximate surface area is 114 Å². The third-order valence-electron chi connectivity index (χ3n) is 3.05. The van der Waals surface area contributed by atoms with Crippen molar-refractivity contribution in [2.24, 2.45) is 0 Å². The van der Waals surface area contributed by atoms with Crippen LogP contribution < -0.4 is 10.2 Å². The fourth-order valence-electron chi connectivity index (χ4n) is 2.16. The molecular formula is C13H22N4O2. The van der Waals surface area contributed by atoms with Crippen LogP contribution in [0.4, 0.5) is 11.6 Å². The lowest BCUT2D eigenvalue weighted by Gasteiger charge is -2.34. The van der Waals surface area contributed by atoms with Gasteiger partial charge in [0.15, 0.2) is 5.82 Å². The lowest BCUT2D eigenvalue weighted by Crippen LogP contribution is -2.44. The van der Waals surface area contributed by atoms with Gasteiger partial charge in [0.25, 0.3) is 0 Å². The van der Waals surface area contributed by atoms with E-state index >= 15 is 0 Å². The number of hydrogen-bond acceptors (Lipinski definition) is 6. The summed E-state index contributed by atoms with van der Waals surface area (Å²) in [5.74, 6) is 2.49. The lowest BCUT2D eigenvalue weighted by atomic mass is 10.2. The van der Waals surface area contributed by atoms with Crippen molar-refractivity contribution in [1.82, 2.24) is 9.97 Å². The number of methoxy groups -OCH3 is 1. The molecule has 6 nitrogen and oxygen atoms in total. The van der Waals surface area contributed by atoms with Crippen molar-refractivity contribution in [3.63, 3.8) is 0 Å². The predicted octanol–water partition coefficient (Wildman–Crippen LogP) is 1.28. The highest BCUT2D eigenvalue weighted by Gasteiger charge is 2.21. The predicted molar refractivity (Wildman–Crippen MR) is 74.5 cm³/mol. The van der Waals surface area contributed by atoms with E-state index in [0.29, 0.717) is 18.5 Å². The largest absolute Gasteiger partial charge is 0.377 e. The number of aromatic nitrogens is 2. The van der Waals surface area contributed by atoms with Crippen molar-refractivity contribution in [1.29, 1.82) is 0 Å². The van der Waals surface area contributed by atoms with Crippen LogP contribution in [0.25, 0.3) is 0 Å². The highest BCUT2D eigenvalue weighted by Crippen LogP contribution is 2.20. The fourth-order valence-corrected chi connectivity index (χ4v) is 2.16. The van der Waals surface area contributed by atoms with Gasteiger partial charge >= 0.3 is 0 Å². The maximum absolute atomic E-state index is 5.46. The summed E-state index contributed by atoms with van der Waals surface area (Å²) in [4.78, 5) is 11.3. The van der Waals surface area contributed by atoms with E-state index in [1.165, 1.54) is 0 Å². The number of hydrogen-bond donors (Lipinski definition) is 1. The van der Waals surface area contributed by atoms with Gasteiger partial charge in [-0.25, -0.2) is 9.97 Å². The molecule has 0 aliphatic carbocycles. The van der Waals surface area contributed by atoms with Crippen LogP contribution in [0.1, 0.15) is 19.7 Å². The highest BCUT2D eigenvalue weighted by atomic mass is 16.5. The summed E-state index contributed by atoms with van der Waals surface area (Å²) in [5.41, 5.74) is 0. The van der Waals surface area contributed by atoms with E-state index in [-0.39, 0.29) is 0 Å². The number of ether oxygens (including phenoxy) is 2. The number of morpholine rings is 1.